The number of hydrogen-bond acceptors (Lipinski definition) is 7. The van der Waals surface area contributed by atoms with Crippen LogP contribution in [-0.4, -0.2) is 69.4 Å². The van der Waals surface area contributed by atoms with Crippen molar-refractivity contribution in [2.75, 3.05) is 40.9 Å². The highest BCUT2D eigenvalue weighted by molar-refractivity contribution is 7.45. The number of carbonyl (C=O) groups is 2. The van der Waals surface area contributed by atoms with E-state index in [2.05, 4.69) is 148 Å². The minimum Gasteiger partial charge on any atom is -0.756 e. The lowest BCUT2D eigenvalue weighted by Crippen LogP contribution is -2.47. The zero-order valence-corrected chi connectivity index (χ0v) is 59.2. The summed E-state index contributed by atoms with van der Waals surface area (Å²) in [6, 6.07) is -0.909. The lowest BCUT2D eigenvalue weighted by atomic mass is 10.0. The molecule has 0 aromatic heterocycles. The van der Waals surface area contributed by atoms with E-state index in [0.717, 1.165) is 135 Å². The summed E-state index contributed by atoms with van der Waals surface area (Å²) in [5, 5.41) is 3.04. The van der Waals surface area contributed by atoms with E-state index in [1.807, 2.05) is 33.3 Å². The third kappa shape index (κ3) is 68.4. The van der Waals surface area contributed by atoms with E-state index in [4.69, 9.17) is 13.8 Å². The minimum atomic E-state index is -4.72. The number of unbranched alkanes of at least 4 members (excludes halogenated alkanes) is 29. The second-order valence-electron chi connectivity index (χ2n) is 25.4. The third-order valence-electron chi connectivity index (χ3n) is 15.6. The van der Waals surface area contributed by atoms with Crippen molar-refractivity contribution >= 4 is 19.7 Å². The Morgan fingerprint density at radius 2 is 0.719 bits per heavy atom. The maximum atomic E-state index is 13.6. The van der Waals surface area contributed by atoms with E-state index in [1.165, 1.54) is 128 Å². The molecule has 3 atom stereocenters. The number of nitrogens with one attached hydrogen (secondary N) is 1. The maximum absolute atomic E-state index is 13.6. The SMILES string of the molecule is CC/C=C\C/C=C\C/C=C\C/C=C\C/C=C\C/C=C\CCCCCCCCCCC(=O)OC(/C=C/CCCCCCCCCCCCC)C(COP(=O)([O-])OCC[N+](C)(C)C)NC(=O)CCCCCCCCC/C=C\C/C=C\C/C=C\C/C=C\CCCCC. The van der Waals surface area contributed by atoms with Gasteiger partial charge in [0.25, 0.3) is 7.82 Å². The number of likely N-dealkylation sites (N-methyl/N-ethyl adjacent to an activating group) is 1. The van der Waals surface area contributed by atoms with Gasteiger partial charge >= 0.3 is 5.97 Å². The molecule has 0 rings (SSSR count). The van der Waals surface area contributed by atoms with Crippen LogP contribution in [0.5, 0.6) is 0 Å². The first-order chi connectivity index (χ1) is 43.4. The number of quaternary nitrogens is 1. The molecule has 510 valence electrons. The molecule has 0 aromatic carbocycles. The topological polar surface area (TPSA) is 114 Å². The second kappa shape index (κ2) is 67.1. The number of phosphoric acid groups is 1. The van der Waals surface area contributed by atoms with Crippen LogP contribution >= 0.6 is 7.82 Å². The van der Waals surface area contributed by atoms with Crippen molar-refractivity contribution in [1.82, 2.24) is 5.32 Å². The van der Waals surface area contributed by atoms with Gasteiger partial charge in [-0.3, -0.25) is 14.2 Å². The minimum absolute atomic E-state index is 0.0327. The average Bonchev–Trinajstić information content (AvgIpc) is 3.63. The number of allylic oxidation sites excluding steroid dienone is 21. The summed E-state index contributed by atoms with van der Waals surface area (Å²) in [7, 11) is 1.16. The maximum Gasteiger partial charge on any atom is 0.306 e. The number of carbonyl (C=O) groups excluding carboxylic acids is 2. The van der Waals surface area contributed by atoms with Crippen molar-refractivity contribution in [3.05, 3.63) is 134 Å². The van der Waals surface area contributed by atoms with Gasteiger partial charge in [0, 0.05) is 12.8 Å². The van der Waals surface area contributed by atoms with Gasteiger partial charge in [-0.2, -0.15) is 0 Å². The number of phosphoric ester groups is 1. The number of amides is 1. The van der Waals surface area contributed by atoms with Crippen molar-refractivity contribution in [3.63, 3.8) is 0 Å². The van der Waals surface area contributed by atoms with Gasteiger partial charge in [-0.15, -0.1) is 0 Å². The van der Waals surface area contributed by atoms with Crippen molar-refractivity contribution in [1.29, 1.82) is 0 Å². The van der Waals surface area contributed by atoms with E-state index in [1.54, 1.807) is 0 Å². The third-order valence-corrected chi connectivity index (χ3v) is 16.5. The Labute approximate surface area is 549 Å². The highest BCUT2D eigenvalue weighted by Gasteiger charge is 2.27. The molecule has 89 heavy (non-hydrogen) atoms. The van der Waals surface area contributed by atoms with Crippen LogP contribution in [0, 0.1) is 0 Å². The highest BCUT2D eigenvalue weighted by atomic mass is 31.2. The van der Waals surface area contributed by atoms with E-state index < -0.39 is 26.6 Å². The normalized spacial score (nSPS) is 14.3. The van der Waals surface area contributed by atoms with E-state index in [0.29, 0.717) is 23.9 Å². The Morgan fingerprint density at radius 1 is 0.404 bits per heavy atom. The van der Waals surface area contributed by atoms with Crippen LogP contribution in [0.3, 0.4) is 0 Å². The fraction of sp³-hybridized carbons (Fsp3) is 0.696. The Hall–Kier alpha value is -3.85. The van der Waals surface area contributed by atoms with Crippen LogP contribution < -0.4 is 10.2 Å². The molecule has 0 aliphatic carbocycles. The molecule has 0 spiro atoms. The summed E-state index contributed by atoms with van der Waals surface area (Å²) < 4.78 is 30.5. The molecule has 0 aliphatic rings. The summed E-state index contributed by atoms with van der Waals surface area (Å²) in [5.74, 6) is -0.565. The van der Waals surface area contributed by atoms with Crippen LogP contribution in [0.2, 0.25) is 0 Å². The molecular weight excluding hydrogens is 1120 g/mol. The van der Waals surface area contributed by atoms with E-state index >= 15 is 0 Å². The van der Waals surface area contributed by atoms with Gasteiger partial charge < -0.3 is 28.5 Å². The van der Waals surface area contributed by atoms with Crippen LogP contribution in [-0.2, 0) is 27.9 Å². The molecule has 0 aromatic rings. The predicted molar refractivity (Wildman–Crippen MR) is 385 cm³/mol. The molecule has 0 fully saturated rings. The van der Waals surface area contributed by atoms with Crippen molar-refractivity contribution < 1.29 is 37.3 Å². The van der Waals surface area contributed by atoms with Crippen LogP contribution in [0.15, 0.2) is 134 Å². The smallest absolute Gasteiger partial charge is 0.306 e. The lowest BCUT2D eigenvalue weighted by molar-refractivity contribution is -0.870. The zero-order valence-electron chi connectivity index (χ0n) is 58.3. The molecule has 0 saturated carbocycles. The molecule has 9 nitrogen and oxygen atoms in total. The molecule has 1 N–H and O–H groups in total. The monoisotopic (exact) mass is 1260 g/mol. The van der Waals surface area contributed by atoms with Crippen molar-refractivity contribution in [2.24, 2.45) is 0 Å². The van der Waals surface area contributed by atoms with Gasteiger partial charge in [-0.25, -0.2) is 0 Å². The van der Waals surface area contributed by atoms with Gasteiger partial charge in [0.1, 0.15) is 19.3 Å². The fourth-order valence-corrected chi connectivity index (χ4v) is 10.7. The van der Waals surface area contributed by atoms with Gasteiger partial charge in [0.2, 0.25) is 5.91 Å². The average molecular weight is 1260 g/mol. The summed E-state index contributed by atoms with van der Waals surface area (Å²) in [6.07, 6.45) is 95.7. The predicted octanol–water partition coefficient (Wildman–Crippen LogP) is 22.9. The van der Waals surface area contributed by atoms with Crippen LogP contribution in [0.25, 0.3) is 0 Å². The molecule has 0 radical (unpaired) electrons. The van der Waals surface area contributed by atoms with Crippen molar-refractivity contribution in [2.45, 2.75) is 315 Å². The van der Waals surface area contributed by atoms with Crippen LogP contribution in [0.1, 0.15) is 303 Å². The number of nitrogens with zero attached hydrogens (tertiary/aromatic N) is 1. The van der Waals surface area contributed by atoms with Crippen LogP contribution in [0.4, 0.5) is 0 Å². The molecular formula is C79H137N2O7P. The quantitative estimate of drug-likeness (QED) is 0.0212. The molecule has 0 aliphatic heterocycles. The standard InChI is InChI=1S/C79H137N2O7P/c1-7-10-13-16-19-22-25-28-30-32-34-36-38-39-40-41-43-45-47-49-51-54-57-60-63-66-69-72-79(83)88-77(70-67-64-61-58-55-52-27-24-21-18-15-12-9-3)76(75-87-89(84,85)86-74-73-81(4,5)6)80-78(82)71-68-65-62-59-56-53-50-48-46-44-42-37-35-33-31-29-26-23-20-17-14-11-8-2/h10,13,19-20,22-23,28-31,34-37,39-40,43-46,67,70,76-77H,7-9,11-12,14-18,21,24-27,32-33,38,41-42,47-66,68-69,71-75H2,1-6H3,(H-,80,82,84,85)/b13-10-,22-19-,23-20-,30-28-,31-29-,36-34-,37-35-,40-39-,45-43-,46-44-,70-67+. The first-order valence-electron chi connectivity index (χ1n) is 36.5. The number of hydrogen-bond donors (Lipinski definition) is 1. The lowest BCUT2D eigenvalue weighted by Gasteiger charge is -2.30. The highest BCUT2D eigenvalue weighted by Crippen LogP contribution is 2.38. The molecule has 10 heteroatoms. The Kier molecular flexibility index (Phi) is 64.2. The molecule has 0 bridgehead atoms. The zero-order chi connectivity index (χ0) is 64.9. The van der Waals surface area contributed by atoms with Gasteiger partial charge in [0.05, 0.1) is 33.8 Å². The first kappa shape index (κ1) is 85.2. The summed E-state index contributed by atoms with van der Waals surface area (Å²) in [4.78, 5) is 40.3. The van der Waals surface area contributed by atoms with E-state index in [9.17, 15) is 19.0 Å². The van der Waals surface area contributed by atoms with Gasteiger partial charge in [0.15, 0.2) is 0 Å². The molecule has 0 heterocycles. The van der Waals surface area contributed by atoms with E-state index in [-0.39, 0.29) is 24.9 Å². The van der Waals surface area contributed by atoms with Gasteiger partial charge in [-0.1, -0.05) is 296 Å². The molecule has 3 unspecified atom stereocenters. The molecule has 0 saturated heterocycles. The van der Waals surface area contributed by atoms with Gasteiger partial charge in [-0.05, 0) is 128 Å². The Balaban J connectivity index is 5.15. The number of rotatable bonds is 65. The first-order valence-corrected chi connectivity index (χ1v) is 38.0. The molecule has 1 amide bonds. The Morgan fingerprint density at radius 3 is 1.10 bits per heavy atom. The summed E-state index contributed by atoms with van der Waals surface area (Å²) >= 11 is 0. The Bertz CT molecular complexity index is 1990. The summed E-state index contributed by atoms with van der Waals surface area (Å²) in [5.41, 5.74) is 0. The van der Waals surface area contributed by atoms with Crippen molar-refractivity contribution in [3.8, 4) is 0 Å². The fourth-order valence-electron chi connectivity index (χ4n) is 9.98. The summed E-state index contributed by atoms with van der Waals surface area (Å²) in [6.45, 7) is 6.70. The number of ether oxygens (including phenoxy) is 1. The second-order valence-corrected chi connectivity index (χ2v) is 26.8. The number of esters is 1. The largest absolute Gasteiger partial charge is 0.756 e.